The Hall–Kier alpha value is -1.94. The number of hydrogen-bond acceptors (Lipinski definition) is 3. The van der Waals surface area contributed by atoms with Gasteiger partial charge in [0.05, 0.1) is 0 Å². The maximum absolute atomic E-state index is 12.1. The van der Waals surface area contributed by atoms with E-state index >= 15 is 0 Å². The van der Waals surface area contributed by atoms with E-state index in [2.05, 4.69) is 4.98 Å². The topological polar surface area (TPSA) is 33.2 Å². The summed E-state index contributed by atoms with van der Waals surface area (Å²) in [4.78, 5) is 18.4. The molecule has 1 aliphatic rings. The molecule has 0 N–H and O–H groups in total. The zero-order valence-corrected chi connectivity index (χ0v) is 11.9. The second-order valence-electron chi connectivity index (χ2n) is 4.91. The molecule has 1 aliphatic heterocycles. The van der Waals surface area contributed by atoms with E-state index in [1.54, 1.807) is 17.4 Å². The number of rotatable bonds is 3. The zero-order chi connectivity index (χ0) is 13.8. The molecule has 0 unspecified atom stereocenters. The fraction of sp³-hybridized carbons (Fsp3) is 0.250. The molecule has 3 rings (SSSR count). The SMILES string of the molecule is O=C(/C=C/c1ccsc1)N1CC[C@H](c2ccccn2)C1. The van der Waals surface area contributed by atoms with Crippen molar-refractivity contribution < 1.29 is 4.79 Å². The zero-order valence-electron chi connectivity index (χ0n) is 11.1. The summed E-state index contributed by atoms with van der Waals surface area (Å²) in [6, 6.07) is 7.98. The minimum atomic E-state index is 0.0923. The Labute approximate surface area is 122 Å². The van der Waals surface area contributed by atoms with E-state index in [0.717, 1.165) is 30.8 Å². The van der Waals surface area contributed by atoms with E-state index in [0.29, 0.717) is 5.92 Å². The van der Waals surface area contributed by atoms with Gasteiger partial charge in [-0.05, 0) is 47.0 Å². The van der Waals surface area contributed by atoms with Crippen molar-refractivity contribution in [3.63, 3.8) is 0 Å². The van der Waals surface area contributed by atoms with Crippen molar-refractivity contribution in [3.05, 3.63) is 58.6 Å². The highest BCUT2D eigenvalue weighted by Gasteiger charge is 2.26. The van der Waals surface area contributed by atoms with Crippen LogP contribution < -0.4 is 0 Å². The summed E-state index contributed by atoms with van der Waals surface area (Å²) in [5.41, 5.74) is 2.17. The molecule has 102 valence electrons. The van der Waals surface area contributed by atoms with E-state index in [4.69, 9.17) is 0 Å². The Balaban J connectivity index is 1.61. The van der Waals surface area contributed by atoms with Crippen molar-refractivity contribution in [2.75, 3.05) is 13.1 Å². The maximum Gasteiger partial charge on any atom is 0.246 e. The standard InChI is InChI=1S/C16H16N2OS/c19-16(5-4-13-7-10-20-12-13)18-9-6-14(11-18)15-3-1-2-8-17-15/h1-5,7-8,10,12,14H,6,9,11H2/b5-4+/t14-/m0/s1. The number of carbonyl (C=O) groups is 1. The molecule has 1 saturated heterocycles. The van der Waals surface area contributed by atoms with Crippen molar-refractivity contribution in [2.45, 2.75) is 12.3 Å². The van der Waals surface area contributed by atoms with Gasteiger partial charge in [-0.25, -0.2) is 0 Å². The molecule has 0 aliphatic carbocycles. The van der Waals surface area contributed by atoms with Gasteiger partial charge in [0.25, 0.3) is 0 Å². The highest BCUT2D eigenvalue weighted by atomic mass is 32.1. The first-order chi connectivity index (χ1) is 9.83. The molecular weight excluding hydrogens is 268 g/mol. The first-order valence-electron chi connectivity index (χ1n) is 6.73. The van der Waals surface area contributed by atoms with Crippen LogP contribution in [0.3, 0.4) is 0 Å². The molecular formula is C16H16N2OS. The summed E-state index contributed by atoms with van der Waals surface area (Å²) < 4.78 is 0. The van der Waals surface area contributed by atoms with Crippen LogP contribution in [0.1, 0.15) is 23.6 Å². The molecule has 3 heterocycles. The van der Waals surface area contributed by atoms with Crippen molar-refractivity contribution >= 4 is 23.3 Å². The molecule has 0 aromatic carbocycles. The summed E-state index contributed by atoms with van der Waals surface area (Å²) >= 11 is 1.64. The van der Waals surface area contributed by atoms with Gasteiger partial charge < -0.3 is 4.90 Å². The largest absolute Gasteiger partial charge is 0.338 e. The van der Waals surface area contributed by atoms with Crippen LogP contribution in [0.4, 0.5) is 0 Å². The second-order valence-corrected chi connectivity index (χ2v) is 5.69. The average molecular weight is 284 g/mol. The molecule has 3 nitrogen and oxygen atoms in total. The van der Waals surface area contributed by atoms with Crippen molar-refractivity contribution in [1.29, 1.82) is 0 Å². The van der Waals surface area contributed by atoms with Gasteiger partial charge in [0.1, 0.15) is 0 Å². The predicted octanol–water partition coefficient (Wildman–Crippen LogP) is 3.17. The lowest BCUT2D eigenvalue weighted by Gasteiger charge is -2.14. The van der Waals surface area contributed by atoms with Crippen LogP contribution in [0.15, 0.2) is 47.3 Å². The van der Waals surface area contributed by atoms with Crippen LogP contribution >= 0.6 is 11.3 Å². The smallest absolute Gasteiger partial charge is 0.246 e. The Bertz CT molecular complexity index is 592. The maximum atomic E-state index is 12.1. The number of carbonyl (C=O) groups excluding carboxylic acids is 1. The molecule has 4 heteroatoms. The highest BCUT2D eigenvalue weighted by molar-refractivity contribution is 7.08. The third-order valence-corrected chi connectivity index (χ3v) is 4.27. The number of nitrogens with zero attached hydrogens (tertiary/aromatic N) is 2. The number of thiophene rings is 1. The Morgan fingerprint density at radius 2 is 2.35 bits per heavy atom. The van der Waals surface area contributed by atoms with Gasteiger partial charge in [-0.15, -0.1) is 0 Å². The summed E-state index contributed by atoms with van der Waals surface area (Å²) in [5, 5.41) is 4.04. The summed E-state index contributed by atoms with van der Waals surface area (Å²) in [6.45, 7) is 1.58. The number of pyridine rings is 1. The minimum absolute atomic E-state index is 0.0923. The molecule has 0 radical (unpaired) electrons. The molecule has 0 saturated carbocycles. The van der Waals surface area contributed by atoms with E-state index in [1.165, 1.54) is 0 Å². The number of likely N-dealkylation sites (tertiary alicyclic amines) is 1. The molecule has 2 aromatic heterocycles. The van der Waals surface area contributed by atoms with E-state index < -0.39 is 0 Å². The van der Waals surface area contributed by atoms with Gasteiger partial charge in [0, 0.05) is 37.0 Å². The third-order valence-electron chi connectivity index (χ3n) is 3.57. The van der Waals surface area contributed by atoms with Gasteiger partial charge in [-0.3, -0.25) is 9.78 Å². The fourth-order valence-corrected chi connectivity index (χ4v) is 3.09. The van der Waals surface area contributed by atoms with Crippen molar-refractivity contribution in [2.24, 2.45) is 0 Å². The van der Waals surface area contributed by atoms with Crippen LogP contribution in [0, 0.1) is 0 Å². The van der Waals surface area contributed by atoms with Crippen LogP contribution in [0.2, 0.25) is 0 Å². The van der Waals surface area contributed by atoms with Crippen LogP contribution in [-0.2, 0) is 4.79 Å². The van der Waals surface area contributed by atoms with Gasteiger partial charge in [-0.1, -0.05) is 6.07 Å². The van der Waals surface area contributed by atoms with Crippen LogP contribution in [0.5, 0.6) is 0 Å². The highest BCUT2D eigenvalue weighted by Crippen LogP contribution is 2.25. The van der Waals surface area contributed by atoms with Crippen molar-refractivity contribution in [1.82, 2.24) is 9.88 Å². The average Bonchev–Trinajstić information content (AvgIpc) is 3.17. The van der Waals surface area contributed by atoms with E-state index in [-0.39, 0.29) is 5.91 Å². The molecule has 1 fully saturated rings. The summed E-state index contributed by atoms with van der Waals surface area (Å²) in [7, 11) is 0. The molecule has 0 spiro atoms. The first-order valence-corrected chi connectivity index (χ1v) is 7.67. The van der Waals surface area contributed by atoms with Crippen LogP contribution in [0.25, 0.3) is 6.08 Å². The normalized spacial score (nSPS) is 18.8. The Morgan fingerprint density at radius 3 is 3.10 bits per heavy atom. The molecule has 1 atom stereocenters. The van der Waals surface area contributed by atoms with E-state index in [9.17, 15) is 4.79 Å². The number of hydrogen-bond donors (Lipinski definition) is 0. The monoisotopic (exact) mass is 284 g/mol. The fourth-order valence-electron chi connectivity index (χ4n) is 2.46. The van der Waals surface area contributed by atoms with Crippen LogP contribution in [-0.4, -0.2) is 28.9 Å². The Kier molecular flexibility index (Phi) is 3.92. The quantitative estimate of drug-likeness (QED) is 0.811. The lowest BCUT2D eigenvalue weighted by atomic mass is 10.0. The molecule has 2 aromatic rings. The molecule has 1 amide bonds. The first kappa shape index (κ1) is 13.1. The lowest BCUT2D eigenvalue weighted by molar-refractivity contribution is -0.124. The molecule has 20 heavy (non-hydrogen) atoms. The predicted molar refractivity (Wildman–Crippen MR) is 81.5 cm³/mol. The van der Waals surface area contributed by atoms with Gasteiger partial charge in [-0.2, -0.15) is 11.3 Å². The van der Waals surface area contributed by atoms with E-state index in [1.807, 2.05) is 52.2 Å². The van der Waals surface area contributed by atoms with Gasteiger partial charge in [0.15, 0.2) is 0 Å². The molecule has 0 bridgehead atoms. The number of amides is 1. The Morgan fingerprint density at radius 1 is 1.40 bits per heavy atom. The summed E-state index contributed by atoms with van der Waals surface area (Å²) in [5.74, 6) is 0.462. The lowest BCUT2D eigenvalue weighted by Crippen LogP contribution is -2.26. The van der Waals surface area contributed by atoms with Crippen molar-refractivity contribution in [3.8, 4) is 0 Å². The van der Waals surface area contributed by atoms with Gasteiger partial charge >= 0.3 is 0 Å². The third kappa shape index (κ3) is 2.96. The number of aromatic nitrogens is 1. The minimum Gasteiger partial charge on any atom is -0.338 e. The second kappa shape index (κ2) is 6.01. The van der Waals surface area contributed by atoms with Gasteiger partial charge in [0.2, 0.25) is 5.91 Å². The summed E-state index contributed by atoms with van der Waals surface area (Å²) in [6.07, 6.45) is 6.36.